The van der Waals surface area contributed by atoms with Crippen molar-refractivity contribution in [2.45, 2.75) is 25.8 Å². The van der Waals surface area contributed by atoms with E-state index < -0.39 is 0 Å². The second-order valence-corrected chi connectivity index (χ2v) is 6.20. The van der Waals surface area contributed by atoms with Gasteiger partial charge in [0.15, 0.2) is 0 Å². The van der Waals surface area contributed by atoms with Crippen LogP contribution in [0.5, 0.6) is 0 Å². The number of hydrazine groups is 1. The molecule has 0 saturated carbocycles. The van der Waals surface area contributed by atoms with Crippen molar-refractivity contribution in [2.75, 3.05) is 0 Å². The molecular weight excluding hydrogens is 264 g/mol. The van der Waals surface area contributed by atoms with E-state index in [0.717, 1.165) is 17.2 Å². The van der Waals surface area contributed by atoms with Crippen LogP contribution in [0.15, 0.2) is 36.4 Å². The number of hydrogen-bond donors (Lipinski definition) is 2. The van der Waals surface area contributed by atoms with Gasteiger partial charge in [-0.15, -0.1) is 11.3 Å². The number of halogens is 1. The van der Waals surface area contributed by atoms with Crippen molar-refractivity contribution < 1.29 is 0 Å². The molecule has 0 amide bonds. The predicted molar refractivity (Wildman–Crippen MR) is 79.0 cm³/mol. The summed E-state index contributed by atoms with van der Waals surface area (Å²) in [6, 6.07) is 12.6. The van der Waals surface area contributed by atoms with Crippen molar-refractivity contribution in [3.63, 3.8) is 0 Å². The van der Waals surface area contributed by atoms with E-state index in [-0.39, 0.29) is 6.04 Å². The van der Waals surface area contributed by atoms with E-state index in [1.54, 1.807) is 11.3 Å². The molecule has 0 aliphatic rings. The molecule has 1 unspecified atom stereocenters. The van der Waals surface area contributed by atoms with Crippen LogP contribution in [0.3, 0.4) is 0 Å². The van der Waals surface area contributed by atoms with E-state index >= 15 is 0 Å². The lowest BCUT2D eigenvalue weighted by Crippen LogP contribution is -2.38. The molecule has 0 saturated heterocycles. The highest BCUT2D eigenvalue weighted by atomic mass is 35.5. The zero-order valence-corrected chi connectivity index (χ0v) is 11.9. The molecule has 2 nitrogen and oxygen atoms in total. The highest BCUT2D eigenvalue weighted by Gasteiger charge is 2.11. The summed E-state index contributed by atoms with van der Waals surface area (Å²) in [5, 5.41) is 0. The molecular formula is C14H17ClN2S. The summed E-state index contributed by atoms with van der Waals surface area (Å²) < 4.78 is 0.830. The first kappa shape index (κ1) is 13.6. The van der Waals surface area contributed by atoms with Crippen LogP contribution in [0.4, 0.5) is 0 Å². The van der Waals surface area contributed by atoms with Crippen LogP contribution < -0.4 is 11.3 Å². The Morgan fingerprint density at radius 3 is 2.61 bits per heavy atom. The second kappa shape index (κ2) is 6.34. The Bertz CT molecular complexity index is 510. The maximum absolute atomic E-state index is 5.94. The van der Waals surface area contributed by atoms with Gasteiger partial charge in [0.05, 0.1) is 4.34 Å². The molecule has 0 spiro atoms. The first-order valence-corrected chi connectivity index (χ1v) is 7.13. The van der Waals surface area contributed by atoms with Gasteiger partial charge in [-0.3, -0.25) is 11.3 Å². The summed E-state index contributed by atoms with van der Waals surface area (Å²) in [4.78, 5) is 1.26. The van der Waals surface area contributed by atoms with Crippen molar-refractivity contribution >= 4 is 22.9 Å². The fourth-order valence-corrected chi connectivity index (χ4v) is 3.17. The molecule has 96 valence electrons. The average molecular weight is 281 g/mol. The van der Waals surface area contributed by atoms with Crippen LogP contribution >= 0.6 is 22.9 Å². The third-order valence-electron chi connectivity index (χ3n) is 3.04. The highest BCUT2D eigenvalue weighted by Crippen LogP contribution is 2.23. The van der Waals surface area contributed by atoms with Gasteiger partial charge in [-0.1, -0.05) is 35.9 Å². The highest BCUT2D eigenvalue weighted by molar-refractivity contribution is 7.16. The van der Waals surface area contributed by atoms with Gasteiger partial charge >= 0.3 is 0 Å². The smallest absolute Gasteiger partial charge is 0.0931 e. The monoisotopic (exact) mass is 280 g/mol. The number of nitrogens with two attached hydrogens (primary N) is 1. The fourth-order valence-electron chi connectivity index (χ4n) is 2.00. The van der Waals surface area contributed by atoms with E-state index in [1.807, 2.05) is 6.07 Å². The molecule has 1 atom stereocenters. The number of thiophene rings is 1. The number of nitrogens with one attached hydrogen (secondary N) is 1. The quantitative estimate of drug-likeness (QED) is 0.651. The Morgan fingerprint density at radius 1 is 1.22 bits per heavy atom. The van der Waals surface area contributed by atoms with Crippen molar-refractivity contribution in [1.29, 1.82) is 0 Å². The second-order valence-electron chi connectivity index (χ2n) is 4.40. The van der Waals surface area contributed by atoms with Crippen LogP contribution in [0, 0.1) is 6.92 Å². The van der Waals surface area contributed by atoms with E-state index in [0.29, 0.717) is 0 Å². The van der Waals surface area contributed by atoms with Crippen LogP contribution in [0.2, 0.25) is 4.34 Å². The van der Waals surface area contributed by atoms with Crippen molar-refractivity contribution in [2.24, 2.45) is 5.84 Å². The molecule has 0 aliphatic heterocycles. The first-order chi connectivity index (χ1) is 8.69. The summed E-state index contributed by atoms with van der Waals surface area (Å²) in [5.74, 6) is 5.65. The van der Waals surface area contributed by atoms with Gasteiger partial charge in [-0.25, -0.2) is 0 Å². The standard InChI is InChI=1S/C14H17ClN2S/c1-10-4-2-3-5-11(10)8-12(17-16)9-13-6-7-14(15)18-13/h2-7,12,17H,8-9,16H2,1H3. The summed E-state index contributed by atoms with van der Waals surface area (Å²) in [5.41, 5.74) is 5.54. The molecule has 0 bridgehead atoms. The van der Waals surface area contributed by atoms with Crippen LogP contribution in [0.1, 0.15) is 16.0 Å². The van der Waals surface area contributed by atoms with Crippen LogP contribution in [0.25, 0.3) is 0 Å². The third-order valence-corrected chi connectivity index (χ3v) is 4.29. The van der Waals surface area contributed by atoms with E-state index in [2.05, 4.69) is 42.7 Å². The molecule has 0 radical (unpaired) electrons. The Kier molecular flexibility index (Phi) is 4.78. The minimum atomic E-state index is 0.237. The normalized spacial score (nSPS) is 12.6. The van der Waals surface area contributed by atoms with E-state index in [1.165, 1.54) is 16.0 Å². The lowest BCUT2D eigenvalue weighted by Gasteiger charge is -2.16. The Hall–Kier alpha value is -0.870. The molecule has 1 aromatic carbocycles. The minimum Gasteiger partial charge on any atom is -0.271 e. The molecule has 0 aliphatic carbocycles. The zero-order chi connectivity index (χ0) is 13.0. The Morgan fingerprint density at radius 2 is 2.00 bits per heavy atom. The zero-order valence-electron chi connectivity index (χ0n) is 10.3. The average Bonchev–Trinajstić information content (AvgIpc) is 2.76. The van der Waals surface area contributed by atoms with Crippen LogP contribution in [-0.4, -0.2) is 6.04 Å². The number of benzene rings is 1. The molecule has 4 heteroatoms. The summed E-state index contributed by atoms with van der Waals surface area (Å²) in [7, 11) is 0. The predicted octanol–water partition coefficient (Wildman–Crippen LogP) is 3.33. The minimum absolute atomic E-state index is 0.237. The summed E-state index contributed by atoms with van der Waals surface area (Å²) in [6.45, 7) is 2.13. The van der Waals surface area contributed by atoms with Crippen LogP contribution in [-0.2, 0) is 12.8 Å². The topological polar surface area (TPSA) is 38.0 Å². The van der Waals surface area contributed by atoms with Crippen molar-refractivity contribution in [3.8, 4) is 0 Å². The SMILES string of the molecule is Cc1ccccc1CC(Cc1ccc(Cl)s1)NN. The Labute approximate surface area is 117 Å². The molecule has 3 N–H and O–H groups in total. The molecule has 2 rings (SSSR count). The molecule has 2 aromatic rings. The van der Waals surface area contributed by atoms with Gasteiger partial charge in [0.1, 0.15) is 0 Å². The lowest BCUT2D eigenvalue weighted by atomic mass is 9.99. The van der Waals surface area contributed by atoms with Gasteiger partial charge in [-0.2, -0.15) is 0 Å². The van der Waals surface area contributed by atoms with E-state index in [9.17, 15) is 0 Å². The maximum Gasteiger partial charge on any atom is 0.0931 e. The van der Waals surface area contributed by atoms with Crippen molar-refractivity contribution in [3.05, 3.63) is 56.7 Å². The van der Waals surface area contributed by atoms with Gasteiger partial charge in [0, 0.05) is 10.9 Å². The summed E-state index contributed by atoms with van der Waals surface area (Å²) >= 11 is 7.56. The lowest BCUT2D eigenvalue weighted by molar-refractivity contribution is 0.525. The maximum atomic E-state index is 5.94. The molecule has 18 heavy (non-hydrogen) atoms. The summed E-state index contributed by atoms with van der Waals surface area (Å²) in [6.07, 6.45) is 1.83. The largest absolute Gasteiger partial charge is 0.271 e. The first-order valence-electron chi connectivity index (χ1n) is 5.94. The third kappa shape index (κ3) is 3.56. The number of rotatable bonds is 5. The molecule has 1 heterocycles. The Balaban J connectivity index is 2.04. The molecule has 0 fully saturated rings. The van der Waals surface area contributed by atoms with Gasteiger partial charge in [0.2, 0.25) is 0 Å². The van der Waals surface area contributed by atoms with Gasteiger partial charge in [0.25, 0.3) is 0 Å². The number of aryl methyl sites for hydroxylation is 1. The van der Waals surface area contributed by atoms with Gasteiger partial charge in [-0.05, 0) is 43.0 Å². The van der Waals surface area contributed by atoms with E-state index in [4.69, 9.17) is 17.4 Å². The molecule has 1 aromatic heterocycles. The van der Waals surface area contributed by atoms with Crippen molar-refractivity contribution in [1.82, 2.24) is 5.43 Å². The number of hydrogen-bond acceptors (Lipinski definition) is 3. The van der Waals surface area contributed by atoms with Gasteiger partial charge < -0.3 is 0 Å². The fraction of sp³-hybridized carbons (Fsp3) is 0.286.